The second-order valence-electron chi connectivity index (χ2n) is 5.20. The molecule has 0 saturated heterocycles. The van der Waals surface area contributed by atoms with Crippen molar-refractivity contribution in [2.24, 2.45) is 0 Å². The van der Waals surface area contributed by atoms with E-state index in [1.165, 1.54) is 5.56 Å². The number of fused-ring (bicyclic) bond motifs is 1. The molecule has 1 N–H and O–H groups in total. The fraction of sp³-hybridized carbons (Fsp3) is 0.222. The van der Waals surface area contributed by atoms with Gasteiger partial charge in [-0.2, -0.15) is 0 Å². The van der Waals surface area contributed by atoms with Crippen LogP contribution in [0.5, 0.6) is 0 Å². The van der Waals surface area contributed by atoms with Gasteiger partial charge in [0.25, 0.3) is 0 Å². The Morgan fingerprint density at radius 2 is 1.77 bits per heavy atom. The summed E-state index contributed by atoms with van der Waals surface area (Å²) in [5.74, 6) is 1.58. The summed E-state index contributed by atoms with van der Waals surface area (Å²) in [5.41, 5.74) is 3.18. The molecule has 112 valence electrons. The van der Waals surface area contributed by atoms with Gasteiger partial charge in [0.2, 0.25) is 0 Å². The van der Waals surface area contributed by atoms with Crippen LogP contribution < -0.4 is 5.32 Å². The molecule has 0 fully saturated rings. The molecule has 4 heteroatoms. The molecule has 0 spiro atoms. The van der Waals surface area contributed by atoms with Gasteiger partial charge in [0.15, 0.2) is 5.82 Å². The van der Waals surface area contributed by atoms with Crippen molar-refractivity contribution in [2.45, 2.75) is 6.92 Å². The second-order valence-corrected chi connectivity index (χ2v) is 5.20. The van der Waals surface area contributed by atoms with Gasteiger partial charge in [0.1, 0.15) is 5.82 Å². The number of hydrogen-bond acceptors (Lipinski definition) is 4. The van der Waals surface area contributed by atoms with Crippen LogP contribution in [0.2, 0.25) is 0 Å². The number of anilines is 1. The molecule has 4 nitrogen and oxygen atoms in total. The Kier molecular flexibility index (Phi) is 4.30. The molecule has 0 radical (unpaired) electrons. The van der Waals surface area contributed by atoms with E-state index in [2.05, 4.69) is 41.5 Å². The highest BCUT2D eigenvalue weighted by Gasteiger charge is 2.08. The van der Waals surface area contributed by atoms with Gasteiger partial charge < -0.3 is 10.1 Å². The fourth-order valence-corrected chi connectivity index (χ4v) is 2.31. The molecular formula is C18H19N3O. The number of aryl methyl sites for hydroxylation is 1. The Hall–Kier alpha value is -2.46. The van der Waals surface area contributed by atoms with Crippen LogP contribution in [0.3, 0.4) is 0 Å². The maximum atomic E-state index is 5.10. The number of hydrogen-bond donors (Lipinski definition) is 1. The molecular weight excluding hydrogens is 274 g/mol. The van der Waals surface area contributed by atoms with Gasteiger partial charge in [-0.15, -0.1) is 0 Å². The SMILES string of the molecule is COCCNc1nc(-c2ccc(C)cc2)nc2ccccc12. The first-order chi connectivity index (χ1) is 10.8. The Labute approximate surface area is 130 Å². The first-order valence-corrected chi connectivity index (χ1v) is 7.34. The molecule has 1 aromatic heterocycles. The molecule has 0 aliphatic rings. The maximum absolute atomic E-state index is 5.10. The summed E-state index contributed by atoms with van der Waals surface area (Å²) in [6.07, 6.45) is 0. The zero-order valence-electron chi connectivity index (χ0n) is 12.8. The zero-order valence-corrected chi connectivity index (χ0v) is 12.8. The van der Waals surface area contributed by atoms with E-state index in [1.807, 2.05) is 24.3 Å². The van der Waals surface area contributed by atoms with Crippen LogP contribution in [-0.4, -0.2) is 30.2 Å². The number of para-hydroxylation sites is 1. The third-order valence-corrected chi connectivity index (χ3v) is 3.51. The Morgan fingerprint density at radius 3 is 2.55 bits per heavy atom. The number of nitrogens with zero attached hydrogens (tertiary/aromatic N) is 2. The van der Waals surface area contributed by atoms with Crippen molar-refractivity contribution in [1.82, 2.24) is 9.97 Å². The van der Waals surface area contributed by atoms with Crippen LogP contribution in [0, 0.1) is 6.92 Å². The largest absolute Gasteiger partial charge is 0.383 e. The minimum absolute atomic E-state index is 0.637. The maximum Gasteiger partial charge on any atom is 0.162 e. The van der Waals surface area contributed by atoms with E-state index >= 15 is 0 Å². The summed E-state index contributed by atoms with van der Waals surface area (Å²) in [6, 6.07) is 16.3. The summed E-state index contributed by atoms with van der Waals surface area (Å²) in [4.78, 5) is 9.38. The lowest BCUT2D eigenvalue weighted by Crippen LogP contribution is -2.10. The highest BCUT2D eigenvalue weighted by atomic mass is 16.5. The predicted octanol–water partition coefficient (Wildman–Crippen LogP) is 3.66. The van der Waals surface area contributed by atoms with E-state index in [9.17, 15) is 0 Å². The minimum atomic E-state index is 0.637. The Balaban J connectivity index is 2.05. The molecule has 0 aliphatic heterocycles. The van der Waals surface area contributed by atoms with Gasteiger partial charge in [0.05, 0.1) is 12.1 Å². The van der Waals surface area contributed by atoms with E-state index in [0.717, 1.165) is 28.1 Å². The Morgan fingerprint density at radius 1 is 1.00 bits per heavy atom. The van der Waals surface area contributed by atoms with Crippen LogP contribution in [-0.2, 0) is 4.74 Å². The third-order valence-electron chi connectivity index (χ3n) is 3.51. The number of benzene rings is 2. The number of rotatable bonds is 5. The number of nitrogens with one attached hydrogen (secondary N) is 1. The lowest BCUT2D eigenvalue weighted by molar-refractivity contribution is 0.210. The van der Waals surface area contributed by atoms with E-state index in [-0.39, 0.29) is 0 Å². The topological polar surface area (TPSA) is 47.0 Å². The van der Waals surface area contributed by atoms with Crippen LogP contribution in [0.1, 0.15) is 5.56 Å². The summed E-state index contributed by atoms with van der Waals surface area (Å²) in [7, 11) is 1.69. The number of aromatic nitrogens is 2. The number of ether oxygens (including phenoxy) is 1. The van der Waals surface area contributed by atoms with Gasteiger partial charge in [0, 0.05) is 24.6 Å². The first kappa shape index (κ1) is 14.5. The summed E-state index contributed by atoms with van der Waals surface area (Å²) in [5, 5.41) is 4.36. The van der Waals surface area contributed by atoms with Crippen molar-refractivity contribution in [3.05, 3.63) is 54.1 Å². The second kappa shape index (κ2) is 6.54. The summed E-state index contributed by atoms with van der Waals surface area (Å²) < 4.78 is 5.10. The van der Waals surface area contributed by atoms with E-state index < -0.39 is 0 Å². The third kappa shape index (κ3) is 3.07. The van der Waals surface area contributed by atoms with E-state index in [4.69, 9.17) is 9.72 Å². The zero-order chi connectivity index (χ0) is 15.4. The van der Waals surface area contributed by atoms with Crippen LogP contribution >= 0.6 is 0 Å². The van der Waals surface area contributed by atoms with Crippen molar-refractivity contribution in [3.8, 4) is 11.4 Å². The van der Waals surface area contributed by atoms with Gasteiger partial charge in [-0.25, -0.2) is 9.97 Å². The van der Waals surface area contributed by atoms with Crippen molar-refractivity contribution >= 4 is 16.7 Å². The molecule has 2 aromatic carbocycles. The molecule has 3 rings (SSSR count). The predicted molar refractivity (Wildman–Crippen MR) is 90.1 cm³/mol. The number of methoxy groups -OCH3 is 1. The minimum Gasteiger partial charge on any atom is -0.383 e. The van der Waals surface area contributed by atoms with Crippen molar-refractivity contribution < 1.29 is 4.74 Å². The van der Waals surface area contributed by atoms with Gasteiger partial charge >= 0.3 is 0 Å². The van der Waals surface area contributed by atoms with Crippen LogP contribution in [0.15, 0.2) is 48.5 Å². The average molecular weight is 293 g/mol. The van der Waals surface area contributed by atoms with Crippen molar-refractivity contribution in [2.75, 3.05) is 25.6 Å². The molecule has 0 saturated carbocycles. The van der Waals surface area contributed by atoms with E-state index in [1.54, 1.807) is 7.11 Å². The Bertz CT molecular complexity index is 769. The first-order valence-electron chi connectivity index (χ1n) is 7.34. The highest BCUT2D eigenvalue weighted by Crippen LogP contribution is 2.24. The van der Waals surface area contributed by atoms with Crippen molar-refractivity contribution in [1.29, 1.82) is 0 Å². The molecule has 0 atom stereocenters. The smallest absolute Gasteiger partial charge is 0.162 e. The van der Waals surface area contributed by atoms with Gasteiger partial charge in [-0.1, -0.05) is 42.0 Å². The quantitative estimate of drug-likeness (QED) is 0.729. The lowest BCUT2D eigenvalue weighted by Gasteiger charge is -2.10. The molecule has 3 aromatic rings. The summed E-state index contributed by atoms with van der Waals surface area (Å²) >= 11 is 0. The fourth-order valence-electron chi connectivity index (χ4n) is 2.31. The van der Waals surface area contributed by atoms with E-state index in [0.29, 0.717) is 13.2 Å². The monoisotopic (exact) mass is 293 g/mol. The molecule has 0 bridgehead atoms. The molecule has 22 heavy (non-hydrogen) atoms. The molecule has 0 amide bonds. The molecule has 0 unspecified atom stereocenters. The standard InChI is InChI=1S/C18H19N3O/c1-13-7-9-14(10-8-13)17-20-16-6-4-3-5-15(16)18(21-17)19-11-12-22-2/h3-10H,11-12H2,1-2H3,(H,19,20,21). The lowest BCUT2D eigenvalue weighted by atomic mass is 10.1. The van der Waals surface area contributed by atoms with Crippen LogP contribution in [0.25, 0.3) is 22.3 Å². The van der Waals surface area contributed by atoms with Gasteiger partial charge in [-0.05, 0) is 19.1 Å². The average Bonchev–Trinajstić information content (AvgIpc) is 2.55. The highest BCUT2D eigenvalue weighted by molar-refractivity contribution is 5.90. The van der Waals surface area contributed by atoms with Crippen LogP contribution in [0.4, 0.5) is 5.82 Å². The molecule has 1 heterocycles. The normalized spacial score (nSPS) is 10.8. The van der Waals surface area contributed by atoms with Crippen molar-refractivity contribution in [3.63, 3.8) is 0 Å². The summed E-state index contributed by atoms with van der Waals surface area (Å²) in [6.45, 7) is 3.42. The van der Waals surface area contributed by atoms with Gasteiger partial charge in [-0.3, -0.25) is 0 Å². The molecule has 0 aliphatic carbocycles.